The van der Waals surface area contributed by atoms with Gasteiger partial charge in [0.1, 0.15) is 15.6 Å². The van der Waals surface area contributed by atoms with Crippen LogP contribution in [0.3, 0.4) is 0 Å². The predicted octanol–water partition coefficient (Wildman–Crippen LogP) is 2.37. The Balaban J connectivity index is 2.18. The minimum atomic E-state index is -0.548. The number of amides is 3. The third-order valence-electron chi connectivity index (χ3n) is 3.11. The zero-order chi connectivity index (χ0) is 14.7. The number of nitrogens with two attached hydrogens (primary N) is 1. The molecule has 1 aliphatic carbocycles. The molecule has 0 aromatic carbocycles. The molecule has 3 N–H and O–H groups in total. The van der Waals surface area contributed by atoms with E-state index in [0.29, 0.717) is 20.8 Å². The van der Waals surface area contributed by atoms with E-state index in [1.165, 1.54) is 17.7 Å². The molecule has 0 bridgehead atoms. The Morgan fingerprint density at radius 3 is 2.60 bits per heavy atom. The average Bonchev–Trinajstić information content (AvgIpc) is 2.99. The number of nitrogens with one attached hydrogen (secondary N) is 1. The number of aromatic nitrogens is 1. The largest absolute Gasteiger partial charge is 0.365 e. The van der Waals surface area contributed by atoms with Gasteiger partial charge in [0.15, 0.2) is 0 Å². The van der Waals surface area contributed by atoms with Gasteiger partial charge in [0.25, 0.3) is 5.91 Å². The van der Waals surface area contributed by atoms with E-state index < -0.39 is 5.91 Å². The van der Waals surface area contributed by atoms with Crippen LogP contribution in [-0.4, -0.2) is 40.6 Å². The van der Waals surface area contributed by atoms with Gasteiger partial charge in [0.05, 0.1) is 0 Å². The van der Waals surface area contributed by atoms with Crippen LogP contribution in [0.15, 0.2) is 5.03 Å². The molecule has 0 spiro atoms. The van der Waals surface area contributed by atoms with Crippen LogP contribution in [0.25, 0.3) is 0 Å². The highest BCUT2D eigenvalue weighted by Crippen LogP contribution is 2.39. The van der Waals surface area contributed by atoms with Gasteiger partial charge in [0.2, 0.25) is 0 Å². The molecule has 1 aromatic rings. The molecular formula is C12H18N4O2S2. The van der Waals surface area contributed by atoms with Crippen LogP contribution >= 0.6 is 23.3 Å². The quantitative estimate of drug-likeness (QED) is 0.893. The number of carbonyl (C=O) groups excluding carboxylic acids is 2. The van der Waals surface area contributed by atoms with Crippen molar-refractivity contribution < 1.29 is 9.59 Å². The van der Waals surface area contributed by atoms with Gasteiger partial charge in [-0.3, -0.25) is 10.1 Å². The van der Waals surface area contributed by atoms with Crippen molar-refractivity contribution in [3.05, 3.63) is 5.56 Å². The molecule has 1 saturated carbocycles. The van der Waals surface area contributed by atoms with Crippen LogP contribution in [0, 0.1) is 0 Å². The Bertz CT molecular complexity index is 510. The van der Waals surface area contributed by atoms with Gasteiger partial charge in [-0.25, -0.2) is 4.79 Å². The van der Waals surface area contributed by atoms with Crippen LogP contribution in [0.1, 0.15) is 36.0 Å². The number of thioether (sulfide) groups is 1. The van der Waals surface area contributed by atoms with E-state index in [0.717, 1.165) is 24.4 Å². The number of hydrogen-bond donors (Lipinski definition) is 2. The van der Waals surface area contributed by atoms with Crippen molar-refractivity contribution in [3.63, 3.8) is 0 Å². The van der Waals surface area contributed by atoms with Gasteiger partial charge in [-0.15, -0.1) is 11.8 Å². The summed E-state index contributed by atoms with van der Waals surface area (Å²) in [7, 11) is 3.27. The highest BCUT2D eigenvalue weighted by atomic mass is 32.2. The second-order valence-electron chi connectivity index (χ2n) is 4.90. The molecule has 110 valence electrons. The zero-order valence-electron chi connectivity index (χ0n) is 11.5. The second-order valence-corrected chi connectivity index (χ2v) is 6.97. The number of primary amides is 1. The third-order valence-corrected chi connectivity index (χ3v) is 5.32. The van der Waals surface area contributed by atoms with Gasteiger partial charge < -0.3 is 10.6 Å². The monoisotopic (exact) mass is 314 g/mol. The molecule has 2 rings (SSSR count). The van der Waals surface area contributed by atoms with Crippen molar-refractivity contribution >= 4 is 40.2 Å². The summed E-state index contributed by atoms with van der Waals surface area (Å²) in [5.74, 6) is -0.548. The summed E-state index contributed by atoms with van der Waals surface area (Å²) in [6.45, 7) is 0. The van der Waals surface area contributed by atoms with Crippen LogP contribution in [0.2, 0.25) is 0 Å². The van der Waals surface area contributed by atoms with E-state index in [2.05, 4.69) is 9.69 Å². The molecular weight excluding hydrogens is 296 g/mol. The first-order chi connectivity index (χ1) is 9.49. The van der Waals surface area contributed by atoms with Crippen molar-refractivity contribution in [1.82, 2.24) is 9.27 Å². The number of nitrogens with zero attached hydrogens (tertiary/aromatic N) is 2. The fourth-order valence-corrected chi connectivity index (χ4v) is 4.27. The Labute approximate surface area is 126 Å². The van der Waals surface area contributed by atoms with Gasteiger partial charge in [-0.2, -0.15) is 4.37 Å². The van der Waals surface area contributed by atoms with Gasteiger partial charge in [-0.05, 0) is 24.4 Å². The van der Waals surface area contributed by atoms with Crippen molar-refractivity contribution in [2.75, 3.05) is 19.4 Å². The molecule has 8 heteroatoms. The highest BCUT2D eigenvalue weighted by molar-refractivity contribution is 8.00. The Morgan fingerprint density at radius 2 is 2.05 bits per heavy atom. The minimum absolute atomic E-state index is 0.298. The van der Waals surface area contributed by atoms with E-state index in [4.69, 9.17) is 5.73 Å². The van der Waals surface area contributed by atoms with Gasteiger partial charge in [-0.1, -0.05) is 12.8 Å². The zero-order valence-corrected chi connectivity index (χ0v) is 13.1. The number of rotatable bonds is 4. The van der Waals surface area contributed by atoms with E-state index in [9.17, 15) is 9.59 Å². The van der Waals surface area contributed by atoms with Crippen molar-refractivity contribution in [1.29, 1.82) is 0 Å². The first-order valence-electron chi connectivity index (χ1n) is 6.43. The number of carbonyl (C=O) groups is 2. The number of urea groups is 1. The summed E-state index contributed by atoms with van der Waals surface area (Å²) >= 11 is 2.70. The summed E-state index contributed by atoms with van der Waals surface area (Å²) in [4.78, 5) is 24.7. The van der Waals surface area contributed by atoms with Crippen molar-refractivity contribution in [3.8, 4) is 0 Å². The maximum Gasteiger partial charge on any atom is 0.321 e. The smallest absolute Gasteiger partial charge is 0.321 e. The van der Waals surface area contributed by atoms with Crippen LogP contribution in [-0.2, 0) is 0 Å². The maximum absolute atomic E-state index is 11.7. The predicted molar refractivity (Wildman–Crippen MR) is 81.5 cm³/mol. The lowest BCUT2D eigenvalue weighted by Gasteiger charge is -2.11. The molecule has 3 amide bonds. The SMILES string of the molecule is CN(C)C(=O)Nc1snc(SC2CCCC2)c1C(N)=O. The Kier molecular flexibility index (Phi) is 4.87. The molecule has 0 aliphatic heterocycles. The number of anilines is 1. The fraction of sp³-hybridized carbons (Fsp3) is 0.583. The molecule has 1 heterocycles. The van der Waals surface area contributed by atoms with Crippen LogP contribution < -0.4 is 11.1 Å². The molecule has 1 aliphatic rings. The topological polar surface area (TPSA) is 88.3 Å². The van der Waals surface area contributed by atoms with E-state index in [1.54, 1.807) is 25.9 Å². The third kappa shape index (κ3) is 3.43. The minimum Gasteiger partial charge on any atom is -0.365 e. The fourth-order valence-electron chi connectivity index (χ4n) is 2.03. The Morgan fingerprint density at radius 1 is 1.40 bits per heavy atom. The molecule has 0 radical (unpaired) electrons. The van der Waals surface area contributed by atoms with Crippen LogP contribution in [0.5, 0.6) is 0 Å². The van der Waals surface area contributed by atoms with Gasteiger partial charge >= 0.3 is 6.03 Å². The van der Waals surface area contributed by atoms with Crippen molar-refractivity contribution in [2.45, 2.75) is 36.0 Å². The van der Waals surface area contributed by atoms with E-state index in [1.807, 2.05) is 0 Å². The van der Waals surface area contributed by atoms with E-state index >= 15 is 0 Å². The lowest BCUT2D eigenvalue weighted by Crippen LogP contribution is -2.28. The molecule has 0 unspecified atom stereocenters. The molecule has 1 aromatic heterocycles. The molecule has 20 heavy (non-hydrogen) atoms. The molecule has 6 nitrogen and oxygen atoms in total. The van der Waals surface area contributed by atoms with Crippen LogP contribution in [0.4, 0.5) is 9.80 Å². The summed E-state index contributed by atoms with van der Waals surface area (Å²) < 4.78 is 4.28. The number of hydrogen-bond acceptors (Lipinski definition) is 5. The normalized spacial score (nSPS) is 15.3. The Hall–Kier alpha value is -1.28. The summed E-state index contributed by atoms with van der Waals surface area (Å²) in [6, 6.07) is -0.298. The maximum atomic E-state index is 11.7. The molecule has 0 saturated heterocycles. The summed E-state index contributed by atoms with van der Waals surface area (Å²) in [5.41, 5.74) is 5.77. The van der Waals surface area contributed by atoms with E-state index in [-0.39, 0.29) is 6.03 Å². The molecule has 1 fully saturated rings. The lowest BCUT2D eigenvalue weighted by molar-refractivity contribution is 0.0998. The van der Waals surface area contributed by atoms with Gasteiger partial charge in [0, 0.05) is 19.3 Å². The highest BCUT2D eigenvalue weighted by Gasteiger charge is 2.25. The summed E-state index contributed by atoms with van der Waals surface area (Å²) in [6.07, 6.45) is 4.72. The average molecular weight is 314 g/mol. The first kappa shape index (κ1) is 15.1. The molecule has 0 atom stereocenters. The second kappa shape index (κ2) is 6.45. The summed E-state index contributed by atoms with van der Waals surface area (Å²) in [5, 5.41) is 4.23. The standard InChI is InChI=1S/C12H18N4O2S2/c1-16(2)12(18)14-10-8(9(13)17)11(15-20-10)19-7-5-3-4-6-7/h7H,3-6H2,1-2H3,(H2,13,17)(H,14,18). The first-order valence-corrected chi connectivity index (χ1v) is 8.08. The lowest BCUT2D eigenvalue weighted by atomic mass is 10.3. The van der Waals surface area contributed by atoms with Crippen molar-refractivity contribution in [2.24, 2.45) is 5.73 Å².